The maximum atomic E-state index is 12.9. The Labute approximate surface area is 536 Å². The fourth-order valence-corrected chi connectivity index (χ4v) is 8.21. The Kier molecular flexibility index (Phi) is 40.4. The van der Waals surface area contributed by atoms with Crippen molar-refractivity contribution in [1.82, 2.24) is 15.1 Å². The minimum Gasteiger partial charge on any atom is -0.481 e. The van der Waals surface area contributed by atoms with Gasteiger partial charge in [-0.2, -0.15) is 13.5 Å². The van der Waals surface area contributed by atoms with Gasteiger partial charge in [-0.25, -0.2) is 24.2 Å². The molecule has 0 bridgehead atoms. The fourth-order valence-electron chi connectivity index (χ4n) is 8.10. The first-order chi connectivity index (χ1) is 40.3. The Morgan fingerprint density at radius 1 is 0.557 bits per heavy atom. The first-order valence-electron chi connectivity index (χ1n) is 29.0. The predicted octanol–water partition coefficient (Wildman–Crippen LogP) is 12.2. The highest BCUT2D eigenvalue weighted by molar-refractivity contribution is 9.09. The van der Waals surface area contributed by atoms with Crippen LogP contribution in [0.15, 0.2) is 91.0 Å². The van der Waals surface area contributed by atoms with E-state index in [1.165, 1.54) is 15.4 Å². The van der Waals surface area contributed by atoms with Crippen LogP contribution in [0, 0.1) is 11.8 Å². The molecular formula is C65H98BrN3O18S. The van der Waals surface area contributed by atoms with Gasteiger partial charge in [-0.05, 0) is 124 Å². The molecule has 3 aliphatic rings. The number of alkyl carbamates (subject to hydrolysis) is 1. The lowest BCUT2D eigenvalue weighted by Crippen LogP contribution is -2.44. The molecule has 0 aliphatic carbocycles. The molecule has 3 heterocycles. The molecule has 0 saturated carbocycles. The van der Waals surface area contributed by atoms with Gasteiger partial charge in [0.25, 0.3) is 0 Å². The lowest BCUT2D eigenvalue weighted by Gasteiger charge is -2.25. The molecule has 0 radical (unpaired) electrons. The average molecular weight is 1320 g/mol. The topological polar surface area (TPSA) is 285 Å². The number of hydrogen-bond donors (Lipinski definition) is 3. The third-order valence-electron chi connectivity index (χ3n) is 11.9. The van der Waals surface area contributed by atoms with E-state index in [0.717, 1.165) is 30.4 Å². The number of carbonyl (C=O) groups excluding carboxylic acids is 8. The second kappa shape index (κ2) is 42.8. The van der Waals surface area contributed by atoms with E-state index in [-0.39, 0.29) is 93.3 Å². The first kappa shape index (κ1) is 83.1. The SMILES string of the molecule is C.CC(C)(C)OC(=O)CBr.CCCC(=O)N1C(=O)OC[C@@H]1Cc1ccccc1.CCCC(=O)O.CC[C@H](CC(=O)OC(C)(C)C)C(=O)N1C(=O)OC[C@@H]1Cc1ccccc1.CC[C@H](CC(=O)OC(C)(C)C)C(=O)O.O=C1N[C@@H](Cc2ccccc2)CO1.S. The zero-order chi connectivity index (χ0) is 65.2. The van der Waals surface area contributed by atoms with Crippen molar-refractivity contribution in [2.75, 3.05) is 25.2 Å². The molecule has 23 heteroatoms. The zero-order valence-electron chi connectivity index (χ0n) is 52.9. The van der Waals surface area contributed by atoms with Crippen LogP contribution in [-0.4, -0.2) is 140 Å². The van der Waals surface area contributed by atoms with Gasteiger partial charge < -0.3 is 44.0 Å². The van der Waals surface area contributed by atoms with Gasteiger partial charge >= 0.3 is 48.1 Å². The van der Waals surface area contributed by atoms with Gasteiger partial charge in [0.1, 0.15) is 42.0 Å². The monoisotopic (exact) mass is 1320 g/mol. The van der Waals surface area contributed by atoms with Crippen LogP contribution in [0.3, 0.4) is 0 Å². The number of imide groups is 2. The van der Waals surface area contributed by atoms with Gasteiger partial charge in [0, 0.05) is 18.8 Å². The van der Waals surface area contributed by atoms with Crippen LogP contribution < -0.4 is 5.32 Å². The average Bonchev–Trinajstić information content (AvgIpc) is 3.65. The van der Waals surface area contributed by atoms with Gasteiger partial charge in [0.2, 0.25) is 11.8 Å². The number of ether oxygens (including phenoxy) is 6. The molecule has 6 rings (SSSR count). The smallest absolute Gasteiger partial charge is 0.416 e. The Bertz CT molecular complexity index is 2590. The van der Waals surface area contributed by atoms with Crippen LogP contribution in [0.25, 0.3) is 0 Å². The minimum atomic E-state index is -0.946. The molecule has 3 fully saturated rings. The molecular weight excluding hydrogens is 1220 g/mol. The van der Waals surface area contributed by atoms with Crippen molar-refractivity contribution < 1.29 is 86.6 Å². The summed E-state index contributed by atoms with van der Waals surface area (Å²) in [5, 5.41) is 19.6. The second-order valence-electron chi connectivity index (χ2n) is 23.2. The Balaban J connectivity index is 0. The van der Waals surface area contributed by atoms with Crippen LogP contribution in [0.1, 0.15) is 165 Å². The van der Waals surface area contributed by atoms with Gasteiger partial charge in [0.05, 0.1) is 36.9 Å². The summed E-state index contributed by atoms with van der Waals surface area (Å²) < 4.78 is 30.1. The summed E-state index contributed by atoms with van der Waals surface area (Å²) in [4.78, 5) is 116. The molecule has 5 amide bonds. The van der Waals surface area contributed by atoms with Gasteiger partial charge in [-0.1, -0.05) is 142 Å². The number of carboxylic acid groups (broad SMARTS) is 2. The number of benzene rings is 3. The molecule has 3 saturated heterocycles. The molecule has 3 aromatic carbocycles. The third kappa shape index (κ3) is 36.3. The maximum Gasteiger partial charge on any atom is 0.416 e. The molecule has 0 aromatic heterocycles. The van der Waals surface area contributed by atoms with Crippen LogP contribution in [0.4, 0.5) is 14.4 Å². The number of amides is 5. The summed E-state index contributed by atoms with van der Waals surface area (Å²) in [6.07, 6.45) is 3.51. The van der Waals surface area contributed by atoms with Crippen molar-refractivity contribution in [3.8, 4) is 0 Å². The number of carbonyl (C=O) groups is 10. The Morgan fingerprint density at radius 3 is 1.25 bits per heavy atom. The molecule has 3 aliphatic heterocycles. The van der Waals surface area contributed by atoms with E-state index in [1.807, 2.05) is 133 Å². The van der Waals surface area contributed by atoms with Gasteiger partial charge in [0.15, 0.2) is 0 Å². The summed E-state index contributed by atoms with van der Waals surface area (Å²) in [7, 11) is 0. The van der Waals surface area contributed by atoms with Crippen molar-refractivity contribution >= 4 is 89.4 Å². The number of carboxylic acids is 2. The van der Waals surface area contributed by atoms with Crippen LogP contribution in [0.5, 0.6) is 0 Å². The molecule has 3 aromatic rings. The Hall–Kier alpha value is -7.01. The fraction of sp³-hybridized carbons (Fsp3) is 0.569. The van der Waals surface area contributed by atoms with E-state index in [9.17, 15) is 47.9 Å². The Morgan fingerprint density at radius 2 is 0.932 bits per heavy atom. The molecule has 21 nitrogen and oxygen atoms in total. The van der Waals surface area contributed by atoms with Crippen LogP contribution in [-0.2, 0) is 81.2 Å². The first-order valence-corrected chi connectivity index (χ1v) is 30.1. The number of nitrogens with one attached hydrogen (secondary N) is 1. The van der Waals surface area contributed by atoms with E-state index in [4.69, 9.17) is 38.6 Å². The van der Waals surface area contributed by atoms with Crippen LogP contribution >= 0.6 is 29.4 Å². The van der Waals surface area contributed by atoms with Crippen molar-refractivity contribution in [2.24, 2.45) is 11.8 Å². The number of cyclic esters (lactones) is 3. The summed E-state index contributed by atoms with van der Waals surface area (Å²) in [6, 6.07) is 29.1. The largest absolute Gasteiger partial charge is 0.481 e. The summed E-state index contributed by atoms with van der Waals surface area (Å²) in [6.45, 7) is 24.4. The van der Waals surface area contributed by atoms with E-state index in [0.29, 0.717) is 51.7 Å². The summed E-state index contributed by atoms with van der Waals surface area (Å²) in [5.41, 5.74) is 1.83. The van der Waals surface area contributed by atoms with Crippen molar-refractivity contribution in [3.05, 3.63) is 108 Å². The van der Waals surface area contributed by atoms with E-state index in [2.05, 4.69) is 21.2 Å². The van der Waals surface area contributed by atoms with Crippen molar-refractivity contribution in [2.45, 2.75) is 203 Å². The van der Waals surface area contributed by atoms with Crippen LogP contribution in [0.2, 0.25) is 0 Å². The van der Waals surface area contributed by atoms with E-state index in [1.54, 1.807) is 48.5 Å². The van der Waals surface area contributed by atoms with E-state index < -0.39 is 59.1 Å². The summed E-state index contributed by atoms with van der Waals surface area (Å²) in [5.74, 6) is -4.52. The molecule has 88 heavy (non-hydrogen) atoms. The normalized spacial score (nSPS) is 16.2. The highest BCUT2D eigenvalue weighted by Gasteiger charge is 2.41. The zero-order valence-corrected chi connectivity index (χ0v) is 55.4. The van der Waals surface area contributed by atoms with Gasteiger partial charge in [-0.3, -0.25) is 33.6 Å². The highest BCUT2D eigenvalue weighted by Crippen LogP contribution is 2.25. The van der Waals surface area contributed by atoms with Gasteiger partial charge in [-0.15, -0.1) is 0 Å². The van der Waals surface area contributed by atoms with E-state index >= 15 is 0 Å². The summed E-state index contributed by atoms with van der Waals surface area (Å²) >= 11 is 2.99. The maximum absolute atomic E-state index is 12.9. The quantitative estimate of drug-likeness (QED) is 0.0571. The number of esters is 3. The number of nitrogens with zero attached hydrogens (tertiary/aromatic N) is 2. The molecule has 0 unspecified atom stereocenters. The number of halogens is 1. The predicted molar refractivity (Wildman–Crippen MR) is 343 cm³/mol. The third-order valence-corrected chi connectivity index (χ3v) is 12.4. The molecule has 5 atom stereocenters. The second-order valence-corrected chi connectivity index (χ2v) is 23.7. The molecule has 3 N–H and O–H groups in total. The van der Waals surface area contributed by atoms with Crippen molar-refractivity contribution in [3.63, 3.8) is 0 Å². The minimum absolute atomic E-state index is 0. The molecule has 0 spiro atoms. The molecule has 494 valence electrons. The standard InChI is InChI=1S/C20H27NO5.C14H17NO3.C10H11NO2.C10H18O4.C6H11BrO2.C4H8O2.CH4.H2S/c1-5-15(12-17(22)26-20(2,3)4)18(23)21-16(13-25-19(21)24)11-14-9-7-6-8-10-14;1-2-6-13(16)15-12(10-18-14(15)17)9-11-7-4-3-5-8-11;12-10-11-9(7-13-10)6-8-4-2-1-3-5-8;1-5-7(9(12)13)6-8(11)14-10(2,3)4;1-6(2,3)9-5(8)4-7;1-2-3-4(5)6;;/h6-10,15-16H,5,11-13H2,1-4H3;3-5,7-8,12H,2,6,9-10H2,1H3;1-5,9H,6-7H2,(H,11,12);7H,5-6H2,1-4H3,(H,12,13);4H2,1-3H3;2-3H2,1H3,(H,5,6);1H4;1H2/t15-,16+;12-;9-;7-;;;;/m1001..../s1. The lowest BCUT2D eigenvalue weighted by molar-refractivity contribution is -0.160. The number of aliphatic carboxylic acids is 2. The number of rotatable bonds is 19. The number of alkyl halides is 1. The van der Waals surface area contributed by atoms with Crippen molar-refractivity contribution in [1.29, 1.82) is 0 Å². The number of hydrogen-bond acceptors (Lipinski definition) is 16. The lowest BCUT2D eigenvalue weighted by atomic mass is 9.98. The highest BCUT2D eigenvalue weighted by atomic mass is 79.9.